The molecule has 0 bridgehead atoms. The summed E-state index contributed by atoms with van der Waals surface area (Å²) in [5.74, 6) is -0.0823. The first kappa shape index (κ1) is 36.6. The molecule has 0 radical (unpaired) electrons. The van der Waals surface area contributed by atoms with Crippen LogP contribution in [0, 0.1) is 0 Å². The molecular weight excluding hydrogens is 470 g/mol. The second-order valence-corrected chi connectivity index (χ2v) is 10.9. The molecule has 0 aromatic heterocycles. The van der Waals surface area contributed by atoms with Crippen molar-refractivity contribution in [2.45, 2.75) is 167 Å². The number of aliphatic hydroxyl groups is 2. The number of aliphatic hydroxyl groups excluding tert-OH is 2. The van der Waals surface area contributed by atoms with E-state index in [2.05, 4.69) is 43.5 Å². The number of allylic oxidation sites excluding steroid dienone is 5. The minimum absolute atomic E-state index is 0.0823. The average molecular weight is 534 g/mol. The summed E-state index contributed by atoms with van der Waals surface area (Å²) in [5.41, 5.74) is 0. The second-order valence-electron chi connectivity index (χ2n) is 10.9. The van der Waals surface area contributed by atoms with Gasteiger partial charge in [-0.25, -0.2) is 0 Å². The van der Waals surface area contributed by atoms with Crippen molar-refractivity contribution in [3.05, 3.63) is 36.5 Å². The first-order valence-electron chi connectivity index (χ1n) is 16.2. The molecule has 222 valence electrons. The smallest absolute Gasteiger partial charge is 0.220 e. The molecule has 0 fully saturated rings. The third-order valence-corrected chi connectivity index (χ3v) is 7.12. The highest BCUT2D eigenvalue weighted by atomic mass is 16.3. The molecule has 2 unspecified atom stereocenters. The standard InChI is InChI=1S/C34H63NO3/c1-3-5-7-9-11-13-15-17-18-20-22-24-26-28-30-34(38)35-32(31-36)33(37)29-27-25-23-21-19-16-14-12-10-8-6-4-2/h9,11,15,17,27,29,32-33,36-37H,3-8,10,12-14,16,18-26,28,30-31H2,1-2H3,(H,35,38)/b11-9-,17-15-,29-27+. The fourth-order valence-electron chi connectivity index (χ4n) is 4.54. The summed E-state index contributed by atoms with van der Waals surface area (Å²) in [6.07, 6.45) is 37.8. The molecule has 0 aliphatic rings. The normalized spacial score (nSPS) is 13.7. The lowest BCUT2D eigenvalue weighted by atomic mass is 10.1. The first-order valence-corrected chi connectivity index (χ1v) is 16.2. The van der Waals surface area contributed by atoms with Gasteiger partial charge in [-0.2, -0.15) is 0 Å². The van der Waals surface area contributed by atoms with E-state index in [1.807, 2.05) is 6.08 Å². The lowest BCUT2D eigenvalue weighted by Crippen LogP contribution is -2.45. The number of nitrogens with one attached hydrogen (secondary N) is 1. The summed E-state index contributed by atoms with van der Waals surface area (Å²) in [6.45, 7) is 4.23. The Morgan fingerprint density at radius 2 is 1.11 bits per heavy atom. The van der Waals surface area contributed by atoms with Crippen LogP contribution in [0.5, 0.6) is 0 Å². The minimum Gasteiger partial charge on any atom is -0.394 e. The van der Waals surface area contributed by atoms with Crippen LogP contribution in [0.15, 0.2) is 36.5 Å². The average Bonchev–Trinajstić information content (AvgIpc) is 2.92. The van der Waals surface area contributed by atoms with Gasteiger partial charge in [0.2, 0.25) is 5.91 Å². The highest BCUT2D eigenvalue weighted by Crippen LogP contribution is 2.12. The zero-order valence-electron chi connectivity index (χ0n) is 25.2. The van der Waals surface area contributed by atoms with Crippen molar-refractivity contribution in [3.8, 4) is 0 Å². The molecule has 2 atom stereocenters. The maximum Gasteiger partial charge on any atom is 0.220 e. The molecule has 0 aliphatic heterocycles. The molecule has 0 aliphatic carbocycles. The zero-order chi connectivity index (χ0) is 27.9. The molecule has 3 N–H and O–H groups in total. The Hall–Kier alpha value is -1.39. The van der Waals surface area contributed by atoms with E-state index in [-0.39, 0.29) is 12.5 Å². The number of unbranched alkanes of at least 4 members (excludes halogenated alkanes) is 17. The van der Waals surface area contributed by atoms with Crippen LogP contribution >= 0.6 is 0 Å². The van der Waals surface area contributed by atoms with Gasteiger partial charge in [-0.15, -0.1) is 0 Å². The molecule has 0 saturated heterocycles. The zero-order valence-corrected chi connectivity index (χ0v) is 25.2. The van der Waals surface area contributed by atoms with E-state index in [0.29, 0.717) is 6.42 Å². The quantitative estimate of drug-likeness (QED) is 0.0693. The van der Waals surface area contributed by atoms with Crippen molar-refractivity contribution in [1.82, 2.24) is 5.32 Å². The first-order chi connectivity index (χ1) is 18.7. The number of hydrogen-bond donors (Lipinski definition) is 3. The fourth-order valence-corrected chi connectivity index (χ4v) is 4.54. The van der Waals surface area contributed by atoms with Crippen molar-refractivity contribution >= 4 is 5.91 Å². The molecule has 0 rings (SSSR count). The third-order valence-electron chi connectivity index (χ3n) is 7.12. The monoisotopic (exact) mass is 533 g/mol. The summed E-state index contributed by atoms with van der Waals surface area (Å²) in [6, 6.07) is -0.625. The van der Waals surface area contributed by atoms with Crippen molar-refractivity contribution in [2.75, 3.05) is 6.61 Å². The molecule has 0 aromatic rings. The minimum atomic E-state index is -0.841. The summed E-state index contributed by atoms with van der Waals surface area (Å²) >= 11 is 0. The molecule has 4 heteroatoms. The fraction of sp³-hybridized carbons (Fsp3) is 0.794. The van der Waals surface area contributed by atoms with Gasteiger partial charge in [0.15, 0.2) is 0 Å². The molecule has 0 aromatic carbocycles. The molecular formula is C34H63NO3. The van der Waals surface area contributed by atoms with Crippen LogP contribution in [0.1, 0.15) is 155 Å². The van der Waals surface area contributed by atoms with Crippen LogP contribution in [-0.2, 0) is 4.79 Å². The Bertz CT molecular complexity index is 584. The van der Waals surface area contributed by atoms with E-state index < -0.39 is 12.1 Å². The summed E-state index contributed by atoms with van der Waals surface area (Å²) in [7, 11) is 0. The van der Waals surface area contributed by atoms with E-state index in [0.717, 1.165) is 44.9 Å². The lowest BCUT2D eigenvalue weighted by molar-refractivity contribution is -0.123. The Morgan fingerprint density at radius 1 is 0.632 bits per heavy atom. The predicted molar refractivity (Wildman–Crippen MR) is 165 cm³/mol. The van der Waals surface area contributed by atoms with Crippen LogP contribution in [0.2, 0.25) is 0 Å². The van der Waals surface area contributed by atoms with E-state index >= 15 is 0 Å². The Kier molecular flexibility index (Phi) is 29.1. The van der Waals surface area contributed by atoms with Crippen molar-refractivity contribution < 1.29 is 15.0 Å². The highest BCUT2D eigenvalue weighted by molar-refractivity contribution is 5.76. The SMILES string of the molecule is CCCC/C=C\C/C=C\CCCCCCCC(=O)NC(CO)C(O)/C=C/CCCCCCCCCCCC. The van der Waals surface area contributed by atoms with Crippen molar-refractivity contribution in [1.29, 1.82) is 0 Å². The van der Waals surface area contributed by atoms with Crippen molar-refractivity contribution in [2.24, 2.45) is 0 Å². The van der Waals surface area contributed by atoms with Gasteiger partial charge >= 0.3 is 0 Å². The van der Waals surface area contributed by atoms with Crippen LogP contribution in [0.4, 0.5) is 0 Å². The maximum absolute atomic E-state index is 12.2. The second kappa shape index (κ2) is 30.2. The lowest BCUT2D eigenvalue weighted by Gasteiger charge is -2.20. The topological polar surface area (TPSA) is 69.6 Å². The summed E-state index contributed by atoms with van der Waals surface area (Å²) in [4.78, 5) is 12.2. The summed E-state index contributed by atoms with van der Waals surface area (Å²) < 4.78 is 0. The number of carbonyl (C=O) groups is 1. The van der Waals surface area contributed by atoms with Gasteiger partial charge in [0.1, 0.15) is 0 Å². The van der Waals surface area contributed by atoms with E-state index in [1.54, 1.807) is 6.08 Å². The van der Waals surface area contributed by atoms with Gasteiger partial charge in [-0.1, -0.05) is 140 Å². The number of rotatable bonds is 28. The number of hydrogen-bond acceptors (Lipinski definition) is 3. The molecule has 0 saturated carbocycles. The van der Waals surface area contributed by atoms with E-state index in [1.165, 1.54) is 89.9 Å². The highest BCUT2D eigenvalue weighted by Gasteiger charge is 2.17. The van der Waals surface area contributed by atoms with E-state index in [4.69, 9.17) is 0 Å². The van der Waals surface area contributed by atoms with Crippen LogP contribution in [0.25, 0.3) is 0 Å². The number of carbonyl (C=O) groups excluding carboxylic acids is 1. The van der Waals surface area contributed by atoms with Gasteiger partial charge < -0.3 is 15.5 Å². The molecule has 0 heterocycles. The van der Waals surface area contributed by atoms with Crippen LogP contribution in [-0.4, -0.2) is 34.9 Å². The van der Waals surface area contributed by atoms with Crippen LogP contribution in [0.3, 0.4) is 0 Å². The molecule has 38 heavy (non-hydrogen) atoms. The van der Waals surface area contributed by atoms with Crippen molar-refractivity contribution in [3.63, 3.8) is 0 Å². The van der Waals surface area contributed by atoms with E-state index in [9.17, 15) is 15.0 Å². The van der Waals surface area contributed by atoms with Gasteiger partial charge in [0.05, 0.1) is 18.8 Å². The third kappa shape index (κ3) is 26.2. The largest absolute Gasteiger partial charge is 0.394 e. The van der Waals surface area contributed by atoms with Gasteiger partial charge in [0, 0.05) is 6.42 Å². The predicted octanol–water partition coefficient (Wildman–Crippen LogP) is 9.12. The Balaban J connectivity index is 3.71. The summed E-state index contributed by atoms with van der Waals surface area (Å²) in [5, 5.41) is 22.8. The Morgan fingerprint density at radius 3 is 1.66 bits per heavy atom. The van der Waals surface area contributed by atoms with Gasteiger partial charge in [-0.05, 0) is 44.9 Å². The molecule has 0 spiro atoms. The molecule has 1 amide bonds. The molecule has 4 nitrogen and oxygen atoms in total. The van der Waals surface area contributed by atoms with Crippen LogP contribution < -0.4 is 5.32 Å². The maximum atomic E-state index is 12.2. The van der Waals surface area contributed by atoms with Gasteiger partial charge in [0.25, 0.3) is 0 Å². The van der Waals surface area contributed by atoms with Gasteiger partial charge in [-0.3, -0.25) is 4.79 Å². The number of amides is 1. The Labute approximate surface area is 236 Å².